The standard InChI is InChI=1S/C25H30N2O3/c1-14(20-13-26-21-4-2-3-19(23(20)21)16-5-6-16)7-22(28)27-17-8-15-9-18(27)12-25(10-15,11-17)24(29)30/h2-4,13-18,26H,5-12H2,1H3,(H,29,30)/p-1. The maximum Gasteiger partial charge on any atom is 0.223 e. The third kappa shape index (κ3) is 2.67. The third-order valence-electron chi connectivity index (χ3n) is 8.45. The Morgan fingerprint density at radius 2 is 1.93 bits per heavy atom. The number of fused-ring (bicyclic) bond motifs is 1. The fourth-order valence-electron chi connectivity index (χ4n) is 7.12. The molecule has 2 aliphatic heterocycles. The molecule has 3 saturated carbocycles. The molecule has 4 bridgehead atoms. The Labute approximate surface area is 176 Å². The average molecular weight is 406 g/mol. The van der Waals surface area contributed by atoms with E-state index in [2.05, 4.69) is 41.2 Å². The normalized spacial score (nSPS) is 33.2. The van der Waals surface area contributed by atoms with Gasteiger partial charge in [0.1, 0.15) is 0 Å². The summed E-state index contributed by atoms with van der Waals surface area (Å²) in [5.74, 6) is 0.548. The van der Waals surface area contributed by atoms with Crippen LogP contribution in [0, 0.1) is 11.3 Å². The van der Waals surface area contributed by atoms with Crippen LogP contribution in [0.15, 0.2) is 24.4 Å². The molecule has 3 heterocycles. The lowest BCUT2D eigenvalue weighted by Crippen LogP contribution is -2.66. The second-order valence-corrected chi connectivity index (χ2v) is 10.5. The highest BCUT2D eigenvalue weighted by atomic mass is 16.4. The summed E-state index contributed by atoms with van der Waals surface area (Å²) in [6.45, 7) is 2.16. The summed E-state index contributed by atoms with van der Waals surface area (Å²) in [5.41, 5.74) is 3.15. The SMILES string of the molecule is CC(CC(=O)N1C2CC3CC1CC(C(=O)[O-])(C3)C2)c1c[nH]c2cccc(C3CC3)c12. The molecule has 7 rings (SSSR count). The summed E-state index contributed by atoms with van der Waals surface area (Å²) in [6.07, 6.45) is 8.94. The molecule has 3 atom stereocenters. The van der Waals surface area contributed by atoms with E-state index in [1.54, 1.807) is 0 Å². The summed E-state index contributed by atoms with van der Waals surface area (Å²) in [4.78, 5) is 30.8. The molecule has 5 heteroatoms. The predicted octanol–water partition coefficient (Wildman–Crippen LogP) is 3.45. The lowest BCUT2D eigenvalue weighted by Gasteiger charge is -2.62. The number of aliphatic carboxylic acids is 1. The number of rotatable bonds is 5. The van der Waals surface area contributed by atoms with E-state index in [9.17, 15) is 14.7 Å². The number of aromatic amines is 1. The van der Waals surface area contributed by atoms with E-state index in [-0.39, 0.29) is 23.9 Å². The monoisotopic (exact) mass is 405 g/mol. The van der Waals surface area contributed by atoms with Gasteiger partial charge >= 0.3 is 0 Å². The molecule has 5 aliphatic rings. The summed E-state index contributed by atoms with van der Waals surface area (Å²) in [6, 6.07) is 6.66. The molecule has 5 nitrogen and oxygen atoms in total. The Hall–Kier alpha value is -2.30. The molecule has 3 unspecified atom stereocenters. The van der Waals surface area contributed by atoms with E-state index in [0.29, 0.717) is 31.1 Å². The van der Waals surface area contributed by atoms with Crippen LogP contribution in [-0.4, -0.2) is 33.8 Å². The van der Waals surface area contributed by atoms with Crippen LogP contribution in [0.4, 0.5) is 0 Å². The smallest absolute Gasteiger partial charge is 0.223 e. The van der Waals surface area contributed by atoms with E-state index < -0.39 is 11.4 Å². The van der Waals surface area contributed by atoms with E-state index in [1.165, 1.54) is 34.9 Å². The molecule has 1 aromatic carbocycles. The predicted molar refractivity (Wildman–Crippen MR) is 112 cm³/mol. The van der Waals surface area contributed by atoms with Crippen molar-refractivity contribution in [2.45, 2.75) is 82.2 Å². The van der Waals surface area contributed by atoms with Gasteiger partial charge in [0.25, 0.3) is 0 Å². The second-order valence-electron chi connectivity index (χ2n) is 10.5. The Bertz CT molecular complexity index is 1020. The lowest BCUT2D eigenvalue weighted by molar-refractivity contribution is -0.327. The first-order chi connectivity index (χ1) is 14.4. The van der Waals surface area contributed by atoms with Crippen LogP contribution in [0.5, 0.6) is 0 Å². The first-order valence-corrected chi connectivity index (χ1v) is 11.6. The molecule has 158 valence electrons. The molecule has 1 amide bonds. The average Bonchev–Trinajstić information content (AvgIpc) is 3.44. The molecule has 2 saturated heterocycles. The number of amides is 1. The van der Waals surface area contributed by atoms with E-state index in [0.717, 1.165) is 19.3 Å². The Balaban J connectivity index is 1.25. The van der Waals surface area contributed by atoms with Crippen molar-refractivity contribution in [1.29, 1.82) is 0 Å². The summed E-state index contributed by atoms with van der Waals surface area (Å²) < 4.78 is 0. The summed E-state index contributed by atoms with van der Waals surface area (Å²) in [5, 5.41) is 13.2. The van der Waals surface area contributed by atoms with Gasteiger partial charge in [0, 0.05) is 47.0 Å². The number of H-pyrrole nitrogens is 1. The Morgan fingerprint density at radius 1 is 1.20 bits per heavy atom. The minimum atomic E-state index is -0.895. The minimum absolute atomic E-state index is 0.0823. The van der Waals surface area contributed by atoms with Gasteiger partial charge in [-0.2, -0.15) is 0 Å². The van der Waals surface area contributed by atoms with E-state index in [4.69, 9.17) is 0 Å². The van der Waals surface area contributed by atoms with Crippen LogP contribution in [0.1, 0.15) is 81.3 Å². The van der Waals surface area contributed by atoms with Crippen molar-refractivity contribution in [3.05, 3.63) is 35.5 Å². The van der Waals surface area contributed by atoms with Gasteiger partial charge in [-0.3, -0.25) is 4.79 Å². The van der Waals surface area contributed by atoms with Gasteiger partial charge < -0.3 is 19.8 Å². The number of aromatic nitrogens is 1. The fraction of sp³-hybridized carbons (Fsp3) is 0.600. The number of nitrogens with zero attached hydrogens (tertiary/aromatic N) is 1. The second kappa shape index (κ2) is 6.35. The number of benzene rings is 1. The molecule has 0 spiro atoms. The third-order valence-corrected chi connectivity index (χ3v) is 8.45. The fourth-order valence-corrected chi connectivity index (χ4v) is 7.12. The highest BCUT2D eigenvalue weighted by molar-refractivity contribution is 5.89. The highest BCUT2D eigenvalue weighted by Gasteiger charge is 2.56. The molecular formula is C25H29N2O3-. The number of hydrogen-bond donors (Lipinski definition) is 1. The molecular weight excluding hydrogens is 376 g/mol. The number of carbonyl (C=O) groups is 2. The minimum Gasteiger partial charge on any atom is -0.550 e. The number of carboxylic acids is 1. The van der Waals surface area contributed by atoms with Gasteiger partial charge in [-0.1, -0.05) is 19.1 Å². The van der Waals surface area contributed by atoms with Crippen molar-refractivity contribution in [2.24, 2.45) is 11.3 Å². The van der Waals surface area contributed by atoms with Crippen LogP contribution in [-0.2, 0) is 9.59 Å². The Kier molecular flexibility index (Phi) is 3.91. The zero-order valence-corrected chi connectivity index (χ0v) is 17.5. The molecule has 1 aromatic heterocycles. The molecule has 5 fully saturated rings. The largest absolute Gasteiger partial charge is 0.550 e. The summed E-state index contributed by atoms with van der Waals surface area (Å²) in [7, 11) is 0. The zero-order chi connectivity index (χ0) is 20.6. The number of piperidine rings is 2. The van der Waals surface area contributed by atoms with Crippen LogP contribution in [0.2, 0.25) is 0 Å². The molecule has 0 radical (unpaired) electrons. The van der Waals surface area contributed by atoms with Crippen molar-refractivity contribution in [1.82, 2.24) is 9.88 Å². The van der Waals surface area contributed by atoms with Crippen molar-refractivity contribution < 1.29 is 14.7 Å². The van der Waals surface area contributed by atoms with Crippen LogP contribution >= 0.6 is 0 Å². The van der Waals surface area contributed by atoms with Gasteiger partial charge in [-0.25, -0.2) is 0 Å². The van der Waals surface area contributed by atoms with Gasteiger partial charge in [-0.05, 0) is 79.9 Å². The molecule has 1 N–H and O–H groups in total. The van der Waals surface area contributed by atoms with Gasteiger partial charge in [-0.15, -0.1) is 0 Å². The molecule has 2 aromatic rings. The van der Waals surface area contributed by atoms with Gasteiger partial charge in [0.15, 0.2) is 0 Å². The maximum absolute atomic E-state index is 13.4. The lowest BCUT2D eigenvalue weighted by atomic mass is 9.55. The topological polar surface area (TPSA) is 76.2 Å². The van der Waals surface area contributed by atoms with E-state index in [1.807, 2.05) is 0 Å². The number of nitrogens with one attached hydrogen (secondary N) is 1. The van der Waals surface area contributed by atoms with Crippen LogP contribution < -0.4 is 5.11 Å². The van der Waals surface area contributed by atoms with Crippen molar-refractivity contribution in [3.63, 3.8) is 0 Å². The first-order valence-electron chi connectivity index (χ1n) is 11.6. The van der Waals surface area contributed by atoms with Gasteiger partial charge in [0.05, 0.1) is 0 Å². The van der Waals surface area contributed by atoms with Crippen molar-refractivity contribution in [2.75, 3.05) is 0 Å². The number of hydrogen-bond acceptors (Lipinski definition) is 3. The maximum atomic E-state index is 13.4. The van der Waals surface area contributed by atoms with Crippen molar-refractivity contribution >= 4 is 22.8 Å². The van der Waals surface area contributed by atoms with Crippen LogP contribution in [0.25, 0.3) is 10.9 Å². The number of carboxylic acid groups (broad SMARTS) is 1. The zero-order valence-electron chi connectivity index (χ0n) is 17.5. The summed E-state index contributed by atoms with van der Waals surface area (Å²) >= 11 is 0. The highest BCUT2D eigenvalue weighted by Crippen LogP contribution is 2.56. The Morgan fingerprint density at radius 3 is 2.60 bits per heavy atom. The van der Waals surface area contributed by atoms with Crippen molar-refractivity contribution in [3.8, 4) is 0 Å². The van der Waals surface area contributed by atoms with Crippen LogP contribution in [0.3, 0.4) is 0 Å². The number of carbonyl (C=O) groups excluding carboxylic acids is 2. The first kappa shape index (κ1) is 18.5. The molecule has 30 heavy (non-hydrogen) atoms. The molecule has 3 aliphatic carbocycles. The van der Waals surface area contributed by atoms with E-state index >= 15 is 0 Å². The van der Waals surface area contributed by atoms with Gasteiger partial charge in [0.2, 0.25) is 5.91 Å². The quantitative estimate of drug-likeness (QED) is 0.828.